The van der Waals surface area contributed by atoms with Crippen molar-refractivity contribution in [2.45, 2.75) is 45.7 Å². The van der Waals surface area contributed by atoms with Gasteiger partial charge in [0.25, 0.3) is 0 Å². The van der Waals surface area contributed by atoms with E-state index in [0.29, 0.717) is 18.2 Å². The average Bonchev–Trinajstić information content (AvgIpc) is 2.50. The molecule has 1 rings (SSSR count). The molecule has 0 spiro atoms. The van der Waals surface area contributed by atoms with Crippen LogP contribution in [-0.2, 0) is 6.54 Å². The van der Waals surface area contributed by atoms with Crippen molar-refractivity contribution in [2.24, 2.45) is 10.9 Å². The van der Waals surface area contributed by atoms with Crippen molar-refractivity contribution in [3.05, 3.63) is 29.3 Å². The molecule has 0 saturated heterocycles. The maximum absolute atomic E-state index is 8.75. The first-order valence-corrected chi connectivity index (χ1v) is 7.04. The molecule has 1 aromatic carbocycles. The minimum atomic E-state index is 0.106. The maximum atomic E-state index is 8.75. The van der Waals surface area contributed by atoms with Gasteiger partial charge in [0.15, 0.2) is 5.84 Å². The van der Waals surface area contributed by atoms with Crippen LogP contribution in [0.5, 0.6) is 5.75 Å². The van der Waals surface area contributed by atoms with Gasteiger partial charge in [0.05, 0.1) is 7.11 Å². The van der Waals surface area contributed by atoms with Crippen LogP contribution >= 0.6 is 0 Å². The number of hydrogen-bond acceptors (Lipinski definition) is 4. The van der Waals surface area contributed by atoms with E-state index in [-0.39, 0.29) is 5.84 Å². The fourth-order valence-electron chi connectivity index (χ4n) is 2.19. The number of nitrogens with one attached hydrogen (secondary N) is 1. The summed E-state index contributed by atoms with van der Waals surface area (Å²) in [5.41, 5.74) is 7.32. The molecular formula is C15H25N3O2. The fourth-order valence-corrected chi connectivity index (χ4v) is 2.19. The second kappa shape index (κ2) is 8.43. The predicted octanol–water partition coefficient (Wildman–Crippen LogP) is 2.46. The number of benzene rings is 1. The van der Waals surface area contributed by atoms with E-state index in [1.165, 1.54) is 0 Å². The zero-order chi connectivity index (χ0) is 15.0. The molecule has 0 radical (unpaired) electrons. The molecule has 4 N–H and O–H groups in total. The first-order valence-electron chi connectivity index (χ1n) is 7.04. The Hall–Kier alpha value is -1.75. The maximum Gasteiger partial charge on any atom is 0.170 e. The number of nitrogens with zero attached hydrogens (tertiary/aromatic N) is 1. The van der Waals surface area contributed by atoms with Crippen molar-refractivity contribution in [3.8, 4) is 5.75 Å². The minimum absolute atomic E-state index is 0.106. The summed E-state index contributed by atoms with van der Waals surface area (Å²) >= 11 is 0. The smallest absolute Gasteiger partial charge is 0.170 e. The first-order chi connectivity index (χ1) is 9.65. The molecule has 0 bridgehead atoms. The van der Waals surface area contributed by atoms with E-state index in [0.717, 1.165) is 30.6 Å². The van der Waals surface area contributed by atoms with Crippen LogP contribution in [0.2, 0.25) is 0 Å². The van der Waals surface area contributed by atoms with Gasteiger partial charge >= 0.3 is 0 Å². The monoisotopic (exact) mass is 279 g/mol. The van der Waals surface area contributed by atoms with Crippen molar-refractivity contribution in [2.75, 3.05) is 7.11 Å². The summed E-state index contributed by atoms with van der Waals surface area (Å²) in [6.45, 7) is 5.07. The molecule has 0 aliphatic heterocycles. The van der Waals surface area contributed by atoms with Crippen molar-refractivity contribution in [1.29, 1.82) is 0 Å². The molecule has 1 atom stereocenters. The molecule has 20 heavy (non-hydrogen) atoms. The van der Waals surface area contributed by atoms with Gasteiger partial charge in [0, 0.05) is 23.7 Å². The summed E-state index contributed by atoms with van der Waals surface area (Å²) in [6, 6.07) is 6.00. The van der Waals surface area contributed by atoms with Crippen molar-refractivity contribution < 1.29 is 9.94 Å². The van der Waals surface area contributed by atoms with Gasteiger partial charge in [0.2, 0.25) is 0 Å². The van der Waals surface area contributed by atoms with Crippen molar-refractivity contribution in [3.63, 3.8) is 0 Å². The lowest BCUT2D eigenvalue weighted by molar-refractivity contribution is 0.318. The van der Waals surface area contributed by atoms with E-state index < -0.39 is 0 Å². The summed E-state index contributed by atoms with van der Waals surface area (Å²) in [5, 5.41) is 15.3. The van der Waals surface area contributed by atoms with Crippen LogP contribution in [0, 0.1) is 0 Å². The van der Waals surface area contributed by atoms with Gasteiger partial charge in [0.1, 0.15) is 5.75 Å². The Morgan fingerprint density at radius 1 is 1.45 bits per heavy atom. The Balaban J connectivity index is 2.85. The van der Waals surface area contributed by atoms with E-state index in [4.69, 9.17) is 15.7 Å². The number of hydrogen-bond donors (Lipinski definition) is 3. The molecule has 5 nitrogen and oxygen atoms in total. The zero-order valence-electron chi connectivity index (χ0n) is 12.5. The molecule has 0 amide bonds. The third kappa shape index (κ3) is 4.42. The summed E-state index contributed by atoms with van der Waals surface area (Å²) in [5.74, 6) is 0.910. The van der Waals surface area contributed by atoms with Gasteiger partial charge in [-0.2, -0.15) is 0 Å². The van der Waals surface area contributed by atoms with Gasteiger partial charge in [-0.05, 0) is 31.0 Å². The fraction of sp³-hybridized carbons (Fsp3) is 0.533. The molecule has 0 aromatic heterocycles. The van der Waals surface area contributed by atoms with Gasteiger partial charge in [-0.15, -0.1) is 0 Å². The molecule has 0 heterocycles. The lowest BCUT2D eigenvalue weighted by atomic mass is 10.1. The second-order valence-electron chi connectivity index (χ2n) is 4.79. The molecular weight excluding hydrogens is 254 g/mol. The Bertz CT molecular complexity index is 447. The van der Waals surface area contributed by atoms with E-state index in [9.17, 15) is 0 Å². The quantitative estimate of drug-likeness (QED) is 0.295. The van der Waals surface area contributed by atoms with Gasteiger partial charge in [-0.1, -0.05) is 25.4 Å². The highest BCUT2D eigenvalue weighted by Crippen LogP contribution is 2.20. The highest BCUT2D eigenvalue weighted by Gasteiger charge is 2.10. The molecule has 0 aliphatic carbocycles. The summed E-state index contributed by atoms with van der Waals surface area (Å²) < 4.78 is 5.36. The number of nitrogens with two attached hydrogens (primary N) is 1. The summed E-state index contributed by atoms with van der Waals surface area (Å²) in [6.07, 6.45) is 3.40. The molecule has 1 unspecified atom stereocenters. The van der Waals surface area contributed by atoms with Crippen molar-refractivity contribution >= 4 is 5.84 Å². The predicted molar refractivity (Wildman–Crippen MR) is 81.3 cm³/mol. The average molecular weight is 279 g/mol. The number of oxime groups is 1. The number of amidine groups is 1. The molecule has 5 heteroatoms. The lowest BCUT2D eigenvalue weighted by Gasteiger charge is -2.17. The summed E-state index contributed by atoms with van der Waals surface area (Å²) in [7, 11) is 1.64. The largest absolute Gasteiger partial charge is 0.496 e. The molecule has 1 aromatic rings. The highest BCUT2D eigenvalue weighted by atomic mass is 16.5. The Morgan fingerprint density at radius 3 is 2.75 bits per heavy atom. The number of rotatable bonds is 8. The van der Waals surface area contributed by atoms with Crippen LogP contribution in [0.15, 0.2) is 23.4 Å². The van der Waals surface area contributed by atoms with Crippen LogP contribution in [0.3, 0.4) is 0 Å². The van der Waals surface area contributed by atoms with Crippen LogP contribution in [-0.4, -0.2) is 24.2 Å². The highest BCUT2D eigenvalue weighted by molar-refractivity contribution is 5.97. The first kappa shape index (κ1) is 16.3. The summed E-state index contributed by atoms with van der Waals surface area (Å²) in [4.78, 5) is 0. The zero-order valence-corrected chi connectivity index (χ0v) is 12.5. The van der Waals surface area contributed by atoms with E-state index >= 15 is 0 Å². The van der Waals surface area contributed by atoms with E-state index in [2.05, 4.69) is 24.3 Å². The minimum Gasteiger partial charge on any atom is -0.496 e. The topological polar surface area (TPSA) is 79.9 Å². The SMILES string of the molecule is CCCC(CC)NCc1cc(/C(N)=N/O)ccc1OC. The van der Waals surface area contributed by atoms with Gasteiger partial charge < -0.3 is 21.0 Å². The molecule has 0 aliphatic rings. The second-order valence-corrected chi connectivity index (χ2v) is 4.79. The van der Waals surface area contributed by atoms with Crippen molar-refractivity contribution in [1.82, 2.24) is 5.32 Å². The van der Waals surface area contributed by atoms with Gasteiger partial charge in [-0.25, -0.2) is 0 Å². The standard InChI is InChI=1S/C15H25N3O2/c1-4-6-13(5-2)17-10-12-9-11(15(16)18-19)7-8-14(12)20-3/h7-9,13,17,19H,4-6,10H2,1-3H3,(H2,16,18). The lowest BCUT2D eigenvalue weighted by Crippen LogP contribution is -2.28. The van der Waals surface area contributed by atoms with Crippen LogP contribution in [0.4, 0.5) is 0 Å². The Labute approximate surface area is 120 Å². The third-order valence-electron chi connectivity index (χ3n) is 3.40. The number of ether oxygens (including phenoxy) is 1. The Morgan fingerprint density at radius 2 is 2.20 bits per heavy atom. The third-order valence-corrected chi connectivity index (χ3v) is 3.40. The van der Waals surface area contributed by atoms with E-state index in [1.807, 2.05) is 12.1 Å². The Kier molecular flexibility index (Phi) is 6.87. The number of methoxy groups -OCH3 is 1. The van der Waals surface area contributed by atoms with Gasteiger partial charge in [-0.3, -0.25) is 0 Å². The van der Waals surface area contributed by atoms with Crippen LogP contribution in [0.25, 0.3) is 0 Å². The van der Waals surface area contributed by atoms with Crippen LogP contribution < -0.4 is 15.8 Å². The van der Waals surface area contributed by atoms with E-state index in [1.54, 1.807) is 13.2 Å². The van der Waals surface area contributed by atoms with Crippen LogP contribution in [0.1, 0.15) is 44.2 Å². The molecule has 0 saturated carbocycles. The molecule has 0 fully saturated rings. The molecule has 112 valence electrons. The normalized spacial score (nSPS) is 13.2.